The number of thioether (sulfide) groups is 1. The second kappa shape index (κ2) is 7.31. The molecule has 1 aromatic carbocycles. The average Bonchev–Trinajstić information content (AvgIpc) is 2.46. The normalized spacial score (nSPS) is 17.5. The third-order valence-electron chi connectivity index (χ3n) is 4.05. The van der Waals surface area contributed by atoms with Crippen LogP contribution in [0.2, 0.25) is 0 Å². The van der Waals surface area contributed by atoms with Crippen LogP contribution in [0.5, 0.6) is 0 Å². The first-order valence-corrected chi connectivity index (χ1v) is 9.31. The second-order valence-electron chi connectivity index (χ2n) is 6.01. The summed E-state index contributed by atoms with van der Waals surface area (Å²) in [5, 5.41) is 0. The molecule has 22 heavy (non-hydrogen) atoms. The van der Waals surface area contributed by atoms with E-state index in [0.717, 1.165) is 42.6 Å². The molecule has 2 rings (SSSR count). The quantitative estimate of drug-likeness (QED) is 0.388. The highest BCUT2D eigenvalue weighted by Gasteiger charge is 2.35. The topological polar surface area (TPSA) is 20.3 Å². The molecule has 0 atom stereocenters. The van der Waals surface area contributed by atoms with Crippen molar-refractivity contribution >= 4 is 52.3 Å². The number of hydrogen-bond acceptors (Lipinski definition) is 3. The van der Waals surface area contributed by atoms with Gasteiger partial charge in [0, 0.05) is 10.5 Å². The molecule has 1 fully saturated rings. The first-order valence-electron chi connectivity index (χ1n) is 7.36. The van der Waals surface area contributed by atoms with E-state index in [9.17, 15) is 4.79 Å². The Morgan fingerprint density at radius 3 is 2.09 bits per heavy atom. The van der Waals surface area contributed by atoms with Gasteiger partial charge in [0.05, 0.1) is 5.54 Å². The summed E-state index contributed by atoms with van der Waals surface area (Å²) in [5.41, 5.74) is 0.217. The van der Waals surface area contributed by atoms with E-state index in [-0.39, 0.29) is 5.78 Å². The first-order chi connectivity index (χ1) is 10.2. The van der Waals surface area contributed by atoms with Crippen LogP contribution < -0.4 is 0 Å². The van der Waals surface area contributed by atoms with Crippen molar-refractivity contribution in [1.82, 2.24) is 4.90 Å². The Bertz CT molecular complexity index is 519. The van der Waals surface area contributed by atoms with E-state index < -0.39 is 8.66 Å². The minimum absolute atomic E-state index is 0.139. The van der Waals surface area contributed by atoms with Gasteiger partial charge in [-0.1, -0.05) is 65.1 Å². The Hall–Kier alpha value is 0.0700. The molecular weight excluding hydrogens is 361 g/mol. The van der Waals surface area contributed by atoms with Crippen LogP contribution in [-0.4, -0.2) is 32.4 Å². The molecule has 0 bridgehead atoms. The molecule has 0 aromatic heterocycles. The van der Waals surface area contributed by atoms with Gasteiger partial charge < -0.3 is 0 Å². The van der Waals surface area contributed by atoms with E-state index >= 15 is 0 Å². The predicted molar refractivity (Wildman–Crippen MR) is 96.4 cm³/mol. The molecule has 2 nitrogen and oxygen atoms in total. The van der Waals surface area contributed by atoms with Crippen molar-refractivity contribution in [3.8, 4) is 0 Å². The number of Topliss-reactive ketones (excluding diaryl/α,β-unsaturated/α-hetero) is 1. The van der Waals surface area contributed by atoms with Crippen molar-refractivity contribution in [1.29, 1.82) is 0 Å². The third kappa shape index (κ3) is 4.78. The van der Waals surface area contributed by atoms with Gasteiger partial charge in [0.25, 0.3) is 0 Å². The van der Waals surface area contributed by atoms with Gasteiger partial charge >= 0.3 is 0 Å². The van der Waals surface area contributed by atoms with E-state index in [1.807, 2.05) is 38.1 Å². The van der Waals surface area contributed by atoms with Gasteiger partial charge in [-0.3, -0.25) is 9.69 Å². The fraction of sp³-hybridized carbons (Fsp3) is 0.562. The second-order valence-corrected chi connectivity index (χ2v) is 10.2. The summed E-state index contributed by atoms with van der Waals surface area (Å²) < 4.78 is -1.39. The lowest BCUT2D eigenvalue weighted by atomic mass is 9.89. The van der Waals surface area contributed by atoms with Crippen LogP contribution in [0.1, 0.15) is 43.5 Å². The number of nitrogens with zero attached hydrogens (tertiary/aromatic N) is 1. The lowest BCUT2D eigenvalue weighted by Gasteiger charge is -2.39. The number of alkyl halides is 3. The van der Waals surface area contributed by atoms with Gasteiger partial charge in [-0.05, 0) is 51.9 Å². The zero-order chi connectivity index (χ0) is 16.4. The van der Waals surface area contributed by atoms with E-state index in [1.54, 1.807) is 0 Å². The van der Waals surface area contributed by atoms with Gasteiger partial charge in [-0.25, -0.2) is 0 Å². The molecule has 1 saturated heterocycles. The highest BCUT2D eigenvalue weighted by molar-refractivity contribution is 8.04. The van der Waals surface area contributed by atoms with E-state index in [2.05, 4.69) is 4.90 Å². The largest absolute Gasteiger partial charge is 0.292 e. The lowest BCUT2D eigenvalue weighted by Crippen LogP contribution is -2.52. The first kappa shape index (κ1) is 18.4. The van der Waals surface area contributed by atoms with E-state index in [4.69, 9.17) is 34.8 Å². The highest BCUT2D eigenvalue weighted by atomic mass is 35.6. The molecule has 0 saturated carbocycles. The molecular formula is C16H20Cl3NOS. The van der Waals surface area contributed by atoms with Crippen LogP contribution in [0.3, 0.4) is 0 Å². The van der Waals surface area contributed by atoms with Crippen LogP contribution in [-0.2, 0) is 0 Å². The zero-order valence-corrected chi connectivity index (χ0v) is 15.8. The monoisotopic (exact) mass is 379 g/mol. The Morgan fingerprint density at radius 2 is 1.59 bits per heavy atom. The van der Waals surface area contributed by atoms with Gasteiger partial charge in [-0.15, -0.1) is 0 Å². The van der Waals surface area contributed by atoms with E-state index in [0.29, 0.717) is 5.56 Å². The summed E-state index contributed by atoms with van der Waals surface area (Å²) >= 11 is 18.4. The summed E-state index contributed by atoms with van der Waals surface area (Å²) in [6, 6.07) is 7.28. The Kier molecular flexibility index (Phi) is 6.12. The van der Waals surface area contributed by atoms with Crippen LogP contribution in [0, 0.1) is 0 Å². The summed E-state index contributed by atoms with van der Waals surface area (Å²) in [4.78, 5) is 15.9. The molecule has 1 aromatic rings. The summed E-state index contributed by atoms with van der Waals surface area (Å²) in [6.07, 6.45) is 3.58. The molecule has 0 spiro atoms. The third-order valence-corrected chi connectivity index (χ3v) is 5.49. The number of benzene rings is 1. The van der Waals surface area contributed by atoms with Crippen molar-refractivity contribution < 1.29 is 4.79 Å². The van der Waals surface area contributed by atoms with Gasteiger partial charge in [0.2, 0.25) is 3.12 Å². The number of rotatable bonds is 4. The molecule has 0 unspecified atom stereocenters. The Labute approximate surface area is 151 Å². The number of likely N-dealkylation sites (tertiary alicyclic amines) is 1. The number of ketones is 1. The van der Waals surface area contributed by atoms with E-state index in [1.165, 1.54) is 6.42 Å². The van der Waals surface area contributed by atoms with Crippen LogP contribution in [0.25, 0.3) is 0 Å². The summed E-state index contributed by atoms with van der Waals surface area (Å²) in [7, 11) is 0. The molecule has 6 heteroatoms. The molecule has 1 heterocycles. The Morgan fingerprint density at radius 1 is 1.05 bits per heavy atom. The van der Waals surface area contributed by atoms with Crippen LogP contribution in [0.4, 0.5) is 0 Å². The van der Waals surface area contributed by atoms with Gasteiger partial charge in [0.1, 0.15) is 0 Å². The molecule has 0 amide bonds. The highest BCUT2D eigenvalue weighted by Crippen LogP contribution is 2.43. The van der Waals surface area contributed by atoms with Crippen LogP contribution in [0.15, 0.2) is 29.2 Å². The molecule has 122 valence electrons. The zero-order valence-electron chi connectivity index (χ0n) is 12.7. The number of hydrogen-bond donors (Lipinski definition) is 0. The predicted octanol–water partition coefficient (Wildman–Crippen LogP) is 5.55. The number of halogens is 3. The van der Waals surface area contributed by atoms with Crippen molar-refractivity contribution in [2.45, 2.75) is 46.7 Å². The summed E-state index contributed by atoms with van der Waals surface area (Å²) in [5.74, 6) is 0.139. The minimum atomic E-state index is -1.39. The molecule has 1 aliphatic heterocycles. The molecule has 0 aliphatic carbocycles. The summed E-state index contributed by atoms with van der Waals surface area (Å²) in [6.45, 7) is 5.98. The maximum atomic E-state index is 12.8. The maximum Gasteiger partial charge on any atom is 0.241 e. The number of carbonyl (C=O) groups is 1. The lowest BCUT2D eigenvalue weighted by molar-refractivity contribution is 0.0579. The molecule has 0 radical (unpaired) electrons. The van der Waals surface area contributed by atoms with Crippen molar-refractivity contribution in [2.75, 3.05) is 13.1 Å². The van der Waals surface area contributed by atoms with Crippen LogP contribution >= 0.6 is 46.6 Å². The number of carbonyl (C=O) groups excluding carboxylic acids is 1. The maximum absolute atomic E-state index is 12.8. The minimum Gasteiger partial charge on any atom is -0.292 e. The number of piperidine rings is 1. The fourth-order valence-corrected chi connectivity index (χ4v) is 4.10. The fourth-order valence-electron chi connectivity index (χ4n) is 2.76. The molecule has 0 N–H and O–H groups in total. The average molecular weight is 381 g/mol. The SMILES string of the molecule is CC(C)(C(=O)c1ccc(SC(Cl)(Cl)Cl)cc1)N1CCCCC1. The van der Waals surface area contributed by atoms with Gasteiger partial charge in [-0.2, -0.15) is 0 Å². The Balaban J connectivity index is 2.11. The van der Waals surface area contributed by atoms with Crippen molar-refractivity contribution in [3.63, 3.8) is 0 Å². The smallest absolute Gasteiger partial charge is 0.241 e. The van der Waals surface area contributed by atoms with Crippen molar-refractivity contribution in [3.05, 3.63) is 29.8 Å². The standard InChI is InChI=1S/C16H20Cl3NOS/c1-15(2,20-10-4-3-5-11-20)14(21)12-6-8-13(9-7-12)22-16(17,18)19/h6-9H,3-5,10-11H2,1-2H3. The van der Waals surface area contributed by atoms with Gasteiger partial charge in [0.15, 0.2) is 5.78 Å². The van der Waals surface area contributed by atoms with Crippen molar-refractivity contribution in [2.24, 2.45) is 0 Å². The molecule has 1 aliphatic rings.